The van der Waals surface area contributed by atoms with E-state index in [4.69, 9.17) is 39.4 Å². The van der Waals surface area contributed by atoms with Crippen LogP contribution in [0.15, 0.2) is 356 Å². The average Bonchev–Trinajstić information content (AvgIpc) is 1.73. The molecule has 0 aliphatic rings. The molecule has 0 unspecified atom stereocenters. The number of para-hydroxylation sites is 5. The second-order valence-corrected chi connectivity index (χ2v) is 25.0. The van der Waals surface area contributed by atoms with Gasteiger partial charge in [0.05, 0.1) is 0 Å². The summed E-state index contributed by atoms with van der Waals surface area (Å²) in [7, 11) is 0. The average molecular weight is 1280 g/mol. The lowest BCUT2D eigenvalue weighted by atomic mass is 9.98. The maximum atomic E-state index is 6.24. The number of fused-ring (bicyclic) bond motifs is 15. The number of nitrogens with zero attached hydrogens (tertiary/aromatic N) is 1. The van der Waals surface area contributed by atoms with Gasteiger partial charge in [0.15, 0.2) is 0 Å². The molecule has 98 heavy (non-hydrogen) atoms. The molecule has 7 nitrogen and oxygen atoms in total. The van der Waals surface area contributed by atoms with Crippen molar-refractivity contribution < 1.29 is 22.1 Å². The van der Waals surface area contributed by atoms with Crippen molar-refractivity contribution in [2.45, 2.75) is 0 Å². The quantitative estimate of drug-likeness (QED) is 0.151. The number of rotatable bonds is 8. The zero-order valence-electron chi connectivity index (χ0n) is 52.7. The molecule has 2 N–H and O–H groups in total. The van der Waals surface area contributed by atoms with E-state index in [-0.39, 0.29) is 0 Å². The number of halogens is 1. The number of nitrogens with two attached hydrogens (primary N) is 1. The molecule has 20 rings (SSSR count). The van der Waals surface area contributed by atoms with Gasteiger partial charge >= 0.3 is 0 Å². The SMILES string of the molecule is Clc1ccc(-c2cccc3oc4ccccc4c23)cc1.Nc1ccc(-c2ccc3c(c2)oc2ccccc23)cc1.c1ccc2c(c1)oc1cc(-c3ccc(N(c4ccc(-c5cccc6oc7ccccc7c56)cc4)c4ccc(-c5cccc6oc7ccccc7c56)cc4)cc3)ccc12. The molecule has 0 spiro atoms. The van der Waals surface area contributed by atoms with E-state index >= 15 is 0 Å². The van der Waals surface area contributed by atoms with Crippen LogP contribution < -0.4 is 10.6 Å². The highest BCUT2D eigenvalue weighted by atomic mass is 35.5. The van der Waals surface area contributed by atoms with Crippen molar-refractivity contribution >= 4 is 144 Å². The standard InChI is InChI=1S/C54H33NO3.C18H11ClO.C18H13NO/c1-4-14-47-43(9-1)44-32-25-37(33-52(44)58-47)34-19-26-38(27-20-34)55(39-28-21-35(22-29-39)41-12-7-17-50-53(41)45-10-2-5-15-48(45)56-50)40-30-23-36(24-31-40)42-13-8-18-51-54(42)46-11-3-6-16-49(46)57-51;19-13-10-8-12(9-11-13)14-5-3-7-17-18(14)15-4-1-2-6-16(15)20-17;19-14-8-5-12(6-9-14)13-7-10-16-15-3-1-2-4-17(15)20-18(16)11-13/h1-33H;1-11H;1-11H,19H2. The summed E-state index contributed by atoms with van der Waals surface area (Å²) < 4.78 is 30.5. The highest BCUT2D eigenvalue weighted by Crippen LogP contribution is 2.44. The van der Waals surface area contributed by atoms with Gasteiger partial charge in [-0.25, -0.2) is 0 Å². The van der Waals surface area contributed by atoms with Gasteiger partial charge < -0.3 is 32.7 Å². The molecule has 15 aromatic carbocycles. The van der Waals surface area contributed by atoms with E-state index in [0.29, 0.717) is 0 Å². The molecule has 5 heterocycles. The number of anilines is 4. The number of hydrogen-bond acceptors (Lipinski definition) is 7. The fourth-order valence-corrected chi connectivity index (χ4v) is 14.1. The van der Waals surface area contributed by atoms with Gasteiger partial charge in [0, 0.05) is 81.6 Å². The van der Waals surface area contributed by atoms with Crippen LogP contribution in [0.25, 0.3) is 165 Å². The molecule has 0 atom stereocenters. The van der Waals surface area contributed by atoms with E-state index in [1.807, 2.05) is 146 Å². The highest BCUT2D eigenvalue weighted by Gasteiger charge is 2.20. The minimum Gasteiger partial charge on any atom is -0.456 e. The molecule has 0 aliphatic carbocycles. The Kier molecular flexibility index (Phi) is 14.3. The first-order chi connectivity index (χ1) is 48.4. The Morgan fingerprint density at radius 1 is 0.214 bits per heavy atom. The maximum absolute atomic E-state index is 6.24. The first kappa shape index (κ1) is 57.8. The topological polar surface area (TPSA) is 95.0 Å². The number of benzene rings is 15. The second-order valence-electron chi connectivity index (χ2n) is 24.6. The van der Waals surface area contributed by atoms with Crippen LogP contribution in [0.4, 0.5) is 22.7 Å². The van der Waals surface area contributed by atoms with E-state index in [1.54, 1.807) is 0 Å². The molecule has 464 valence electrons. The van der Waals surface area contributed by atoms with Crippen LogP contribution in [0.2, 0.25) is 5.02 Å². The van der Waals surface area contributed by atoms with E-state index in [1.165, 1.54) is 5.56 Å². The Balaban J connectivity index is 0.000000140. The van der Waals surface area contributed by atoms with E-state index in [2.05, 4.69) is 193 Å². The predicted molar refractivity (Wildman–Crippen MR) is 407 cm³/mol. The van der Waals surface area contributed by atoms with Crippen LogP contribution in [0.1, 0.15) is 0 Å². The summed E-state index contributed by atoms with van der Waals surface area (Å²) in [5.41, 5.74) is 30.1. The van der Waals surface area contributed by atoms with Gasteiger partial charge in [-0.05, 0) is 189 Å². The van der Waals surface area contributed by atoms with Crippen LogP contribution in [0.3, 0.4) is 0 Å². The van der Waals surface area contributed by atoms with Gasteiger partial charge in [0.1, 0.15) is 55.8 Å². The fourth-order valence-electron chi connectivity index (χ4n) is 14.0. The third-order valence-corrected chi connectivity index (χ3v) is 18.9. The van der Waals surface area contributed by atoms with E-state index < -0.39 is 0 Å². The third-order valence-electron chi connectivity index (χ3n) is 18.7. The van der Waals surface area contributed by atoms with Gasteiger partial charge in [-0.15, -0.1) is 0 Å². The molecule has 5 aromatic heterocycles. The normalized spacial score (nSPS) is 11.6. The molecule has 0 amide bonds. The highest BCUT2D eigenvalue weighted by molar-refractivity contribution is 6.30. The molecular formula is C90H57ClN2O5. The summed E-state index contributed by atoms with van der Waals surface area (Å²) in [5, 5.41) is 12.1. The predicted octanol–water partition coefficient (Wildman–Crippen LogP) is 26.6. The lowest BCUT2D eigenvalue weighted by Gasteiger charge is -2.26. The first-order valence-electron chi connectivity index (χ1n) is 32.6. The Morgan fingerprint density at radius 3 is 0.847 bits per heavy atom. The zero-order chi connectivity index (χ0) is 65.2. The van der Waals surface area contributed by atoms with Crippen LogP contribution in [-0.2, 0) is 0 Å². The Morgan fingerprint density at radius 2 is 0.480 bits per heavy atom. The number of furan rings is 5. The molecule has 0 radical (unpaired) electrons. The molecule has 0 fully saturated rings. The largest absolute Gasteiger partial charge is 0.456 e. The fraction of sp³-hybridized carbons (Fsp3) is 0. The van der Waals surface area contributed by atoms with Crippen LogP contribution >= 0.6 is 11.6 Å². The summed E-state index contributed by atoms with van der Waals surface area (Å²) in [6, 6.07) is 115. The molecule has 0 bridgehead atoms. The van der Waals surface area contributed by atoms with Gasteiger partial charge in [0.2, 0.25) is 0 Å². The summed E-state index contributed by atoms with van der Waals surface area (Å²) in [6.07, 6.45) is 0. The number of hydrogen-bond donors (Lipinski definition) is 1. The smallest absolute Gasteiger partial charge is 0.136 e. The Hall–Kier alpha value is -12.8. The van der Waals surface area contributed by atoms with Crippen molar-refractivity contribution in [2.24, 2.45) is 0 Å². The second kappa shape index (κ2) is 24.2. The van der Waals surface area contributed by atoms with Crippen LogP contribution in [-0.4, -0.2) is 0 Å². The lowest BCUT2D eigenvalue weighted by Crippen LogP contribution is -2.09. The minimum atomic E-state index is 0.748. The molecule has 0 aliphatic heterocycles. The summed E-state index contributed by atoms with van der Waals surface area (Å²) >= 11 is 5.97. The number of nitrogen functional groups attached to an aromatic ring is 1. The first-order valence-corrected chi connectivity index (χ1v) is 33.0. The Bertz CT molecular complexity index is 6220. The minimum absolute atomic E-state index is 0.748. The van der Waals surface area contributed by atoms with Gasteiger partial charge in [-0.3, -0.25) is 0 Å². The third kappa shape index (κ3) is 10.4. The van der Waals surface area contributed by atoms with E-state index in [0.717, 1.165) is 188 Å². The maximum Gasteiger partial charge on any atom is 0.136 e. The lowest BCUT2D eigenvalue weighted by molar-refractivity contribution is 0.668. The zero-order valence-corrected chi connectivity index (χ0v) is 53.5. The Labute approximate surface area is 567 Å². The van der Waals surface area contributed by atoms with Crippen LogP contribution in [0, 0.1) is 0 Å². The van der Waals surface area contributed by atoms with Gasteiger partial charge in [0.25, 0.3) is 0 Å². The van der Waals surface area contributed by atoms with Crippen molar-refractivity contribution in [1.82, 2.24) is 0 Å². The van der Waals surface area contributed by atoms with Gasteiger partial charge in [-0.2, -0.15) is 0 Å². The summed E-state index contributed by atoms with van der Waals surface area (Å²) in [6.45, 7) is 0. The molecule has 20 aromatic rings. The van der Waals surface area contributed by atoms with Crippen LogP contribution in [0.5, 0.6) is 0 Å². The van der Waals surface area contributed by atoms with E-state index in [9.17, 15) is 0 Å². The summed E-state index contributed by atoms with van der Waals surface area (Å²) in [4.78, 5) is 2.32. The summed E-state index contributed by atoms with van der Waals surface area (Å²) in [5.74, 6) is 0. The molecule has 0 saturated heterocycles. The van der Waals surface area contributed by atoms with Crippen molar-refractivity contribution in [3.63, 3.8) is 0 Å². The molecule has 0 saturated carbocycles. The van der Waals surface area contributed by atoms with Crippen molar-refractivity contribution in [1.29, 1.82) is 0 Å². The van der Waals surface area contributed by atoms with Crippen molar-refractivity contribution in [3.8, 4) is 55.6 Å². The molecular weight excluding hydrogens is 1220 g/mol. The van der Waals surface area contributed by atoms with Crippen molar-refractivity contribution in [2.75, 3.05) is 10.6 Å². The van der Waals surface area contributed by atoms with Gasteiger partial charge in [-0.1, -0.05) is 212 Å². The van der Waals surface area contributed by atoms with Crippen molar-refractivity contribution in [3.05, 3.63) is 339 Å². The molecule has 8 heteroatoms. The monoisotopic (exact) mass is 1280 g/mol.